The topological polar surface area (TPSA) is 228 Å². The predicted molar refractivity (Wildman–Crippen MR) is 244 cm³/mol. The lowest BCUT2D eigenvalue weighted by Crippen LogP contribution is -2.65. The molecule has 2 aliphatic rings. The number of amides is 1. The van der Waals surface area contributed by atoms with Crippen LogP contribution in [0.25, 0.3) is 0 Å². The molecule has 1 amide bonds. The molecule has 366 valence electrons. The second-order valence-corrected chi connectivity index (χ2v) is 17.2. The zero-order valence-electron chi connectivity index (χ0n) is 38.6. The number of rotatable bonds is 36. The molecule has 0 radical (unpaired) electrons. The fraction of sp³-hybridized carbons (Fsp3) is 0.816. The molecule has 0 aromatic heterocycles. The van der Waals surface area contributed by atoms with Gasteiger partial charge in [-0.1, -0.05) is 140 Å². The van der Waals surface area contributed by atoms with E-state index >= 15 is 0 Å². The summed E-state index contributed by atoms with van der Waals surface area (Å²) < 4.78 is 22.6. The van der Waals surface area contributed by atoms with Gasteiger partial charge < -0.3 is 65.1 Å². The highest BCUT2D eigenvalue weighted by Crippen LogP contribution is 2.30. The Kier molecular flexibility index (Phi) is 32.7. The Bertz CT molecular complexity index is 1250. The van der Waals surface area contributed by atoms with Crippen LogP contribution < -0.4 is 5.32 Å². The standard InChI is InChI=1S/C49H87NO13/c1-3-5-7-9-11-13-15-16-17-18-19-20-21-22-23-24-26-28-30-32-38(53)37(50-41(54)33-31-29-27-25-14-12-10-8-6-4-2)36-60-48-46(59)44(57)47(40(35-52)62-48)63-49-45(58)43(56)42(55)39(34-51)61-49/h8,10,19-20,23-24,30,32,37-40,42-49,51-53,55-59H,3-7,9,11-18,21-22,25-29,31,33-36H2,1-2H3,(H,50,54)/b10-8-,20-19+,24-23+,32-30+. The average molecular weight is 898 g/mol. The molecule has 2 heterocycles. The molecule has 0 aromatic carbocycles. The Hall–Kier alpha value is -2.05. The van der Waals surface area contributed by atoms with E-state index in [4.69, 9.17) is 18.9 Å². The maximum Gasteiger partial charge on any atom is 0.220 e. The van der Waals surface area contributed by atoms with Crippen molar-refractivity contribution < 1.29 is 64.6 Å². The predicted octanol–water partition coefficient (Wildman–Crippen LogP) is 5.71. The van der Waals surface area contributed by atoms with Gasteiger partial charge in [0.25, 0.3) is 0 Å². The van der Waals surface area contributed by atoms with Crippen LogP contribution in [0.15, 0.2) is 48.6 Å². The summed E-state index contributed by atoms with van der Waals surface area (Å²) in [4.78, 5) is 13.1. The third-order valence-corrected chi connectivity index (χ3v) is 11.7. The van der Waals surface area contributed by atoms with E-state index in [0.29, 0.717) is 12.8 Å². The lowest BCUT2D eigenvalue weighted by Gasteiger charge is -2.46. The van der Waals surface area contributed by atoms with Gasteiger partial charge in [-0.15, -0.1) is 0 Å². The first-order valence-corrected chi connectivity index (χ1v) is 24.4. The molecular formula is C49H87NO13. The largest absolute Gasteiger partial charge is 0.394 e. The fourth-order valence-corrected chi connectivity index (χ4v) is 7.68. The molecular weight excluding hydrogens is 811 g/mol. The minimum absolute atomic E-state index is 0.257. The van der Waals surface area contributed by atoms with Gasteiger partial charge >= 0.3 is 0 Å². The number of aliphatic hydroxyl groups excluding tert-OH is 8. The number of carbonyl (C=O) groups is 1. The zero-order chi connectivity index (χ0) is 46.1. The monoisotopic (exact) mass is 898 g/mol. The summed E-state index contributed by atoms with van der Waals surface area (Å²) in [6.07, 6.45) is 24.5. The molecule has 2 aliphatic heterocycles. The Labute approximate surface area is 378 Å². The van der Waals surface area contributed by atoms with Gasteiger partial charge in [-0.05, 0) is 64.2 Å². The number of carbonyl (C=O) groups excluding carboxylic acids is 1. The normalized spacial score (nSPS) is 27.9. The maximum absolute atomic E-state index is 13.1. The van der Waals surface area contributed by atoms with Crippen LogP contribution in [0.3, 0.4) is 0 Å². The SMILES string of the molecule is CCC/C=C\CCCCCCCC(=O)NC(COC1OC(CO)C(OC2OC(CO)C(O)C(O)C2O)C(O)C1O)C(O)/C=C/CC/C=C/CC/C=C/CCCCCCCCCCC. The Balaban J connectivity index is 1.88. The molecule has 63 heavy (non-hydrogen) atoms. The van der Waals surface area contributed by atoms with Crippen LogP contribution >= 0.6 is 0 Å². The zero-order valence-corrected chi connectivity index (χ0v) is 38.6. The third-order valence-electron chi connectivity index (χ3n) is 11.7. The van der Waals surface area contributed by atoms with Crippen molar-refractivity contribution in [1.29, 1.82) is 0 Å². The number of hydrogen-bond acceptors (Lipinski definition) is 13. The number of unbranched alkanes of at least 4 members (excludes halogenated alkanes) is 17. The van der Waals surface area contributed by atoms with E-state index in [1.54, 1.807) is 6.08 Å². The summed E-state index contributed by atoms with van der Waals surface area (Å²) in [5.74, 6) is -0.268. The van der Waals surface area contributed by atoms with E-state index < -0.39 is 86.8 Å². The van der Waals surface area contributed by atoms with E-state index in [-0.39, 0.29) is 18.9 Å². The Morgan fingerprint density at radius 1 is 0.556 bits per heavy atom. The molecule has 14 heteroatoms. The van der Waals surface area contributed by atoms with Crippen molar-refractivity contribution >= 4 is 5.91 Å². The van der Waals surface area contributed by atoms with Crippen molar-refractivity contribution in [3.8, 4) is 0 Å². The highest BCUT2D eigenvalue weighted by atomic mass is 16.7. The first-order valence-electron chi connectivity index (χ1n) is 24.4. The number of nitrogens with one attached hydrogen (secondary N) is 1. The van der Waals surface area contributed by atoms with E-state index in [9.17, 15) is 45.6 Å². The number of hydrogen-bond donors (Lipinski definition) is 9. The first-order chi connectivity index (χ1) is 30.6. The van der Waals surface area contributed by atoms with Gasteiger partial charge in [0, 0.05) is 6.42 Å². The molecule has 0 aromatic rings. The summed E-state index contributed by atoms with van der Waals surface area (Å²) in [5, 5.41) is 86.5. The summed E-state index contributed by atoms with van der Waals surface area (Å²) in [6, 6.07) is -0.940. The van der Waals surface area contributed by atoms with Crippen LogP contribution in [-0.4, -0.2) is 140 Å². The summed E-state index contributed by atoms with van der Waals surface area (Å²) in [7, 11) is 0. The molecule has 2 fully saturated rings. The molecule has 12 unspecified atom stereocenters. The molecule has 9 N–H and O–H groups in total. The van der Waals surface area contributed by atoms with Crippen molar-refractivity contribution in [2.45, 2.75) is 235 Å². The van der Waals surface area contributed by atoms with Gasteiger partial charge in [0.2, 0.25) is 5.91 Å². The maximum atomic E-state index is 13.1. The van der Waals surface area contributed by atoms with Gasteiger partial charge in [0.05, 0.1) is 32.0 Å². The van der Waals surface area contributed by atoms with E-state index in [0.717, 1.165) is 70.6 Å². The lowest BCUT2D eigenvalue weighted by molar-refractivity contribution is -0.359. The van der Waals surface area contributed by atoms with Crippen molar-refractivity contribution in [2.24, 2.45) is 0 Å². The van der Waals surface area contributed by atoms with E-state index in [1.807, 2.05) is 6.08 Å². The number of aliphatic hydroxyl groups is 8. The third kappa shape index (κ3) is 23.8. The molecule has 2 rings (SSSR count). The molecule has 12 atom stereocenters. The van der Waals surface area contributed by atoms with Crippen molar-refractivity contribution in [3.05, 3.63) is 48.6 Å². The molecule has 2 saturated heterocycles. The van der Waals surface area contributed by atoms with Crippen LogP contribution in [0.1, 0.15) is 162 Å². The highest BCUT2D eigenvalue weighted by Gasteiger charge is 2.51. The first kappa shape index (κ1) is 57.1. The van der Waals surface area contributed by atoms with Gasteiger partial charge in [0.1, 0.15) is 48.8 Å². The van der Waals surface area contributed by atoms with Crippen molar-refractivity contribution in [1.82, 2.24) is 5.32 Å². The number of ether oxygens (including phenoxy) is 4. The van der Waals surface area contributed by atoms with Gasteiger partial charge in [-0.25, -0.2) is 0 Å². The second-order valence-electron chi connectivity index (χ2n) is 17.2. The molecule has 0 aliphatic carbocycles. The number of allylic oxidation sites excluding steroid dienone is 7. The van der Waals surface area contributed by atoms with Crippen LogP contribution in [0.5, 0.6) is 0 Å². The van der Waals surface area contributed by atoms with Gasteiger partial charge in [-0.2, -0.15) is 0 Å². The van der Waals surface area contributed by atoms with Crippen molar-refractivity contribution in [3.63, 3.8) is 0 Å². The fourth-order valence-electron chi connectivity index (χ4n) is 7.68. The van der Waals surface area contributed by atoms with Crippen molar-refractivity contribution in [2.75, 3.05) is 19.8 Å². The highest BCUT2D eigenvalue weighted by molar-refractivity contribution is 5.76. The van der Waals surface area contributed by atoms with Gasteiger partial charge in [-0.3, -0.25) is 4.79 Å². The second kappa shape index (κ2) is 36.1. The summed E-state index contributed by atoms with van der Waals surface area (Å²) in [6.45, 7) is 2.66. The lowest BCUT2D eigenvalue weighted by atomic mass is 9.97. The minimum atomic E-state index is -1.79. The Morgan fingerprint density at radius 3 is 1.62 bits per heavy atom. The smallest absolute Gasteiger partial charge is 0.220 e. The van der Waals surface area contributed by atoms with Crippen LogP contribution in [-0.2, 0) is 23.7 Å². The average Bonchev–Trinajstić information content (AvgIpc) is 3.28. The molecule has 0 spiro atoms. The van der Waals surface area contributed by atoms with E-state index in [2.05, 4.69) is 55.6 Å². The van der Waals surface area contributed by atoms with Gasteiger partial charge in [0.15, 0.2) is 12.6 Å². The van der Waals surface area contributed by atoms with Crippen LogP contribution in [0.2, 0.25) is 0 Å². The Morgan fingerprint density at radius 2 is 1.05 bits per heavy atom. The summed E-state index contributed by atoms with van der Waals surface area (Å²) in [5.41, 5.74) is 0. The van der Waals surface area contributed by atoms with Crippen LogP contribution in [0, 0.1) is 0 Å². The molecule has 0 saturated carbocycles. The molecule has 14 nitrogen and oxygen atoms in total. The quantitative estimate of drug-likeness (QED) is 0.0272. The summed E-state index contributed by atoms with van der Waals surface area (Å²) >= 11 is 0. The van der Waals surface area contributed by atoms with E-state index in [1.165, 1.54) is 57.8 Å². The minimum Gasteiger partial charge on any atom is -0.394 e. The molecule has 0 bridgehead atoms. The van der Waals surface area contributed by atoms with Crippen LogP contribution in [0.4, 0.5) is 0 Å².